The molecule has 23 heavy (non-hydrogen) atoms. The van der Waals surface area contributed by atoms with Crippen LogP contribution in [0.15, 0.2) is 12.7 Å². The second-order valence-electron chi connectivity index (χ2n) is 9.52. The van der Waals surface area contributed by atoms with E-state index in [9.17, 15) is 0 Å². The van der Waals surface area contributed by atoms with Gasteiger partial charge in [0.15, 0.2) is 0 Å². The Hall–Kier alpha value is 0.320. The first kappa shape index (κ1) is 16.8. The van der Waals surface area contributed by atoms with Crippen molar-refractivity contribution in [3.63, 3.8) is 0 Å². The second kappa shape index (κ2) is 5.41. The van der Waals surface area contributed by atoms with Crippen molar-refractivity contribution >= 4 is 23.2 Å². The molecule has 0 aromatic carbocycles. The average Bonchev–Trinajstić information content (AvgIpc) is 2.86. The monoisotopic (exact) mass is 354 g/mol. The SMILES string of the molecule is C=C[C@H]1CC[C@H]2[C@@H]3CCC4(Cl)C(Cl)CCC[C@]4(C)[C@H]3CC[C@]12C. The highest BCUT2D eigenvalue weighted by Gasteiger charge is 2.65. The molecule has 0 aromatic heterocycles. The Morgan fingerprint density at radius 1 is 0.957 bits per heavy atom. The first-order valence-corrected chi connectivity index (χ1v) is 10.6. The van der Waals surface area contributed by atoms with Gasteiger partial charge in [0.2, 0.25) is 0 Å². The van der Waals surface area contributed by atoms with Crippen LogP contribution in [-0.4, -0.2) is 10.3 Å². The van der Waals surface area contributed by atoms with Crippen molar-refractivity contribution in [2.75, 3.05) is 0 Å². The maximum absolute atomic E-state index is 7.27. The third kappa shape index (κ3) is 2.03. The summed E-state index contributed by atoms with van der Waals surface area (Å²) >= 11 is 14.1. The van der Waals surface area contributed by atoms with Gasteiger partial charge in [-0.15, -0.1) is 29.8 Å². The molecule has 8 atom stereocenters. The Morgan fingerprint density at radius 2 is 1.74 bits per heavy atom. The van der Waals surface area contributed by atoms with E-state index in [1.54, 1.807) is 0 Å². The molecule has 0 radical (unpaired) electrons. The lowest BCUT2D eigenvalue weighted by atomic mass is 9.44. The third-order valence-corrected chi connectivity index (χ3v) is 10.6. The summed E-state index contributed by atoms with van der Waals surface area (Å²) in [5.41, 5.74) is 0.746. The molecule has 0 amide bonds. The summed E-state index contributed by atoms with van der Waals surface area (Å²) in [7, 11) is 0. The zero-order chi connectivity index (χ0) is 16.5. The topological polar surface area (TPSA) is 0 Å². The number of rotatable bonds is 1. The van der Waals surface area contributed by atoms with Crippen LogP contribution in [-0.2, 0) is 0 Å². The van der Waals surface area contributed by atoms with E-state index in [4.69, 9.17) is 23.2 Å². The molecule has 0 nitrogen and oxygen atoms in total. The van der Waals surface area contributed by atoms with E-state index in [0.29, 0.717) is 5.41 Å². The molecule has 4 rings (SSSR count). The van der Waals surface area contributed by atoms with Crippen molar-refractivity contribution in [1.82, 2.24) is 0 Å². The molecular weight excluding hydrogens is 323 g/mol. The number of hydrogen-bond acceptors (Lipinski definition) is 0. The van der Waals surface area contributed by atoms with Crippen molar-refractivity contribution in [1.29, 1.82) is 0 Å². The van der Waals surface area contributed by atoms with E-state index in [2.05, 4.69) is 26.5 Å². The summed E-state index contributed by atoms with van der Waals surface area (Å²) in [5, 5.41) is 0.168. The van der Waals surface area contributed by atoms with Gasteiger partial charge >= 0.3 is 0 Å². The highest BCUT2D eigenvalue weighted by Crippen LogP contribution is 2.70. The third-order valence-electron chi connectivity index (χ3n) is 9.05. The Balaban J connectivity index is 1.68. The Labute approximate surface area is 152 Å². The van der Waals surface area contributed by atoms with E-state index in [1.807, 2.05) is 0 Å². The molecule has 0 N–H and O–H groups in total. The van der Waals surface area contributed by atoms with Gasteiger partial charge in [0, 0.05) is 0 Å². The van der Waals surface area contributed by atoms with E-state index in [-0.39, 0.29) is 15.7 Å². The molecule has 2 heteroatoms. The summed E-state index contributed by atoms with van der Waals surface area (Å²) in [6.45, 7) is 9.20. The molecule has 0 bridgehead atoms. The second-order valence-corrected chi connectivity index (χ2v) is 10.7. The smallest absolute Gasteiger partial charge is 0.0666 e. The predicted molar refractivity (Wildman–Crippen MR) is 100 cm³/mol. The van der Waals surface area contributed by atoms with Gasteiger partial charge in [0.05, 0.1) is 10.3 Å². The van der Waals surface area contributed by atoms with Gasteiger partial charge in [-0.3, -0.25) is 0 Å². The maximum atomic E-state index is 7.27. The number of alkyl halides is 2. The largest absolute Gasteiger partial charge is 0.121 e. The van der Waals surface area contributed by atoms with Gasteiger partial charge in [0.1, 0.15) is 0 Å². The normalized spacial score (nSPS) is 58.9. The van der Waals surface area contributed by atoms with Crippen molar-refractivity contribution in [2.45, 2.75) is 81.9 Å². The molecule has 0 saturated heterocycles. The zero-order valence-corrected chi connectivity index (χ0v) is 16.3. The fraction of sp³-hybridized carbons (Fsp3) is 0.905. The van der Waals surface area contributed by atoms with Gasteiger partial charge in [-0.1, -0.05) is 26.3 Å². The first-order valence-electron chi connectivity index (χ1n) is 9.82. The number of hydrogen-bond donors (Lipinski definition) is 0. The van der Waals surface area contributed by atoms with Crippen LogP contribution in [0, 0.1) is 34.5 Å². The van der Waals surface area contributed by atoms with Crippen LogP contribution >= 0.6 is 23.2 Å². The van der Waals surface area contributed by atoms with E-state index in [0.717, 1.165) is 36.5 Å². The summed E-state index contributed by atoms with van der Waals surface area (Å²) in [6, 6.07) is 0. The van der Waals surface area contributed by atoms with Crippen LogP contribution in [0.2, 0.25) is 0 Å². The van der Waals surface area contributed by atoms with Crippen LogP contribution in [0.25, 0.3) is 0 Å². The van der Waals surface area contributed by atoms with Gasteiger partial charge in [-0.25, -0.2) is 0 Å². The fourth-order valence-corrected chi connectivity index (χ4v) is 8.63. The van der Waals surface area contributed by atoms with Gasteiger partial charge in [0.25, 0.3) is 0 Å². The maximum Gasteiger partial charge on any atom is 0.0666 e. The van der Waals surface area contributed by atoms with Crippen LogP contribution in [0.1, 0.15) is 71.6 Å². The lowest BCUT2D eigenvalue weighted by Gasteiger charge is -2.64. The molecule has 2 unspecified atom stereocenters. The van der Waals surface area contributed by atoms with Crippen molar-refractivity contribution in [3.8, 4) is 0 Å². The predicted octanol–water partition coefficient (Wildman–Crippen LogP) is 6.80. The Kier molecular flexibility index (Phi) is 3.94. The molecule has 4 saturated carbocycles. The minimum Gasteiger partial charge on any atom is -0.121 e. The molecular formula is C21H32Cl2. The lowest BCUT2D eigenvalue weighted by Crippen LogP contribution is -2.62. The number of halogens is 2. The standard InChI is InChI=1S/C21H32Cl2/c1-4-14-7-8-16-15-9-13-21(23)18(22)6-5-11-20(21,3)17(15)10-12-19(14,16)2/h4,14-18H,1,5-13H2,2-3H3/t14-,15-,16-,17-,18?,19+,20+,21?/m0/s1. The van der Waals surface area contributed by atoms with Gasteiger partial charge in [-0.05, 0) is 85.9 Å². The van der Waals surface area contributed by atoms with E-state index < -0.39 is 0 Å². The van der Waals surface area contributed by atoms with Crippen molar-refractivity contribution in [2.24, 2.45) is 34.5 Å². The number of allylic oxidation sites excluding steroid dienone is 1. The van der Waals surface area contributed by atoms with E-state index >= 15 is 0 Å². The quantitative estimate of drug-likeness (QED) is 0.358. The molecule has 4 fully saturated rings. The Morgan fingerprint density at radius 3 is 2.48 bits per heavy atom. The molecule has 0 heterocycles. The average molecular weight is 355 g/mol. The van der Waals surface area contributed by atoms with Crippen molar-refractivity contribution < 1.29 is 0 Å². The molecule has 0 aromatic rings. The van der Waals surface area contributed by atoms with Gasteiger partial charge in [-0.2, -0.15) is 0 Å². The van der Waals surface area contributed by atoms with Crippen LogP contribution < -0.4 is 0 Å². The molecule has 4 aliphatic rings. The van der Waals surface area contributed by atoms with Crippen LogP contribution in [0.4, 0.5) is 0 Å². The minimum atomic E-state index is -0.155. The molecule has 4 aliphatic carbocycles. The number of fused-ring (bicyclic) bond motifs is 5. The molecule has 0 aliphatic heterocycles. The molecule has 0 spiro atoms. The van der Waals surface area contributed by atoms with E-state index in [1.165, 1.54) is 44.9 Å². The molecule has 130 valence electrons. The Bertz CT molecular complexity index is 502. The zero-order valence-electron chi connectivity index (χ0n) is 14.8. The van der Waals surface area contributed by atoms with Crippen LogP contribution in [0.5, 0.6) is 0 Å². The summed E-state index contributed by atoms with van der Waals surface area (Å²) < 4.78 is 0. The lowest BCUT2D eigenvalue weighted by molar-refractivity contribution is -0.0958. The summed E-state index contributed by atoms with van der Waals surface area (Å²) in [6.07, 6.45) is 13.8. The summed E-state index contributed by atoms with van der Waals surface area (Å²) in [5.74, 6) is 3.28. The van der Waals surface area contributed by atoms with Crippen molar-refractivity contribution in [3.05, 3.63) is 12.7 Å². The van der Waals surface area contributed by atoms with Gasteiger partial charge < -0.3 is 0 Å². The van der Waals surface area contributed by atoms with Crippen LogP contribution in [0.3, 0.4) is 0 Å². The fourth-order valence-electron chi connectivity index (χ4n) is 7.66. The highest BCUT2D eigenvalue weighted by atomic mass is 35.5. The minimum absolute atomic E-state index is 0.155. The summed E-state index contributed by atoms with van der Waals surface area (Å²) in [4.78, 5) is -0.155. The highest BCUT2D eigenvalue weighted by molar-refractivity contribution is 6.33. The first-order chi connectivity index (χ1) is 10.9.